The second kappa shape index (κ2) is 6.21. The summed E-state index contributed by atoms with van der Waals surface area (Å²) in [7, 11) is 1.32. The van der Waals surface area contributed by atoms with Crippen LogP contribution in [-0.4, -0.2) is 29.2 Å². The van der Waals surface area contributed by atoms with E-state index in [4.69, 9.17) is 0 Å². The summed E-state index contributed by atoms with van der Waals surface area (Å²) >= 11 is 0. The minimum atomic E-state index is -0.437. The maximum atomic E-state index is 12.1. The molecule has 0 saturated heterocycles. The molecule has 6 heteroatoms. The van der Waals surface area contributed by atoms with Crippen LogP contribution in [0.25, 0.3) is 0 Å². The van der Waals surface area contributed by atoms with E-state index in [1.165, 1.54) is 7.11 Å². The Morgan fingerprint density at radius 2 is 2.10 bits per heavy atom. The fourth-order valence-electron chi connectivity index (χ4n) is 2.04. The molecule has 1 aromatic carbocycles. The van der Waals surface area contributed by atoms with Crippen molar-refractivity contribution in [3.63, 3.8) is 0 Å². The van der Waals surface area contributed by atoms with E-state index >= 15 is 0 Å². The van der Waals surface area contributed by atoms with Crippen molar-refractivity contribution >= 4 is 17.6 Å². The fraction of sp³-hybridized carbons (Fsp3) is 0.267. The second-order valence-electron chi connectivity index (χ2n) is 4.71. The van der Waals surface area contributed by atoms with Crippen LogP contribution in [0.5, 0.6) is 0 Å². The predicted molar refractivity (Wildman–Crippen MR) is 78.2 cm³/mol. The third-order valence-corrected chi connectivity index (χ3v) is 3.19. The minimum Gasteiger partial charge on any atom is -0.465 e. The van der Waals surface area contributed by atoms with Crippen LogP contribution in [0.1, 0.15) is 27.3 Å². The number of ether oxygens (including phenoxy) is 1. The fourth-order valence-corrected chi connectivity index (χ4v) is 2.04. The molecule has 6 nitrogen and oxygen atoms in total. The zero-order chi connectivity index (χ0) is 15.4. The SMILES string of the molecule is COC(=O)c1cccc(NC(=O)Cc2c(C)n[nH]c2C)c1. The molecule has 0 aliphatic heterocycles. The van der Waals surface area contributed by atoms with Gasteiger partial charge in [-0.2, -0.15) is 5.10 Å². The van der Waals surface area contributed by atoms with E-state index in [0.29, 0.717) is 11.3 Å². The van der Waals surface area contributed by atoms with Crippen molar-refractivity contribution in [1.82, 2.24) is 10.2 Å². The Balaban J connectivity index is 2.08. The number of amides is 1. The molecule has 1 heterocycles. The number of H-pyrrole nitrogens is 1. The number of nitrogens with zero attached hydrogens (tertiary/aromatic N) is 1. The zero-order valence-electron chi connectivity index (χ0n) is 12.2. The number of aromatic nitrogens is 2. The molecule has 2 rings (SSSR count). The molecule has 2 N–H and O–H groups in total. The Morgan fingerprint density at radius 3 is 2.71 bits per heavy atom. The van der Waals surface area contributed by atoms with Gasteiger partial charge in [-0.15, -0.1) is 0 Å². The molecule has 1 amide bonds. The van der Waals surface area contributed by atoms with E-state index in [1.807, 2.05) is 13.8 Å². The zero-order valence-corrected chi connectivity index (χ0v) is 12.2. The summed E-state index contributed by atoms with van der Waals surface area (Å²) in [5.74, 6) is -0.600. The molecule has 0 fully saturated rings. The lowest BCUT2D eigenvalue weighted by Gasteiger charge is -2.07. The van der Waals surface area contributed by atoms with E-state index in [2.05, 4.69) is 20.3 Å². The first-order valence-corrected chi connectivity index (χ1v) is 6.50. The van der Waals surface area contributed by atoms with Crippen molar-refractivity contribution in [1.29, 1.82) is 0 Å². The lowest BCUT2D eigenvalue weighted by molar-refractivity contribution is -0.115. The third kappa shape index (κ3) is 3.47. The molecule has 110 valence electrons. The van der Waals surface area contributed by atoms with Gasteiger partial charge < -0.3 is 10.1 Å². The van der Waals surface area contributed by atoms with Gasteiger partial charge in [-0.1, -0.05) is 6.07 Å². The average Bonchev–Trinajstić information content (AvgIpc) is 2.78. The number of carbonyl (C=O) groups is 2. The van der Waals surface area contributed by atoms with Crippen molar-refractivity contribution in [2.45, 2.75) is 20.3 Å². The van der Waals surface area contributed by atoms with Crippen LogP contribution in [0, 0.1) is 13.8 Å². The van der Waals surface area contributed by atoms with Crippen molar-refractivity contribution in [2.75, 3.05) is 12.4 Å². The number of hydrogen-bond acceptors (Lipinski definition) is 4. The Morgan fingerprint density at radius 1 is 1.33 bits per heavy atom. The van der Waals surface area contributed by atoms with Crippen LogP contribution in [-0.2, 0) is 16.0 Å². The standard InChI is InChI=1S/C15H17N3O3/c1-9-13(10(2)18-17-9)8-14(19)16-12-6-4-5-11(7-12)15(20)21-3/h4-7H,8H2,1-3H3,(H,16,19)(H,17,18). The molecular formula is C15H17N3O3. The number of carbonyl (C=O) groups excluding carboxylic acids is 2. The Labute approximate surface area is 122 Å². The average molecular weight is 287 g/mol. The van der Waals surface area contributed by atoms with Gasteiger partial charge in [-0.3, -0.25) is 9.89 Å². The molecule has 0 aliphatic rings. The summed E-state index contributed by atoms with van der Waals surface area (Å²) in [6.07, 6.45) is 0.233. The lowest BCUT2D eigenvalue weighted by atomic mass is 10.1. The number of benzene rings is 1. The van der Waals surface area contributed by atoms with Gasteiger partial charge in [0.05, 0.1) is 24.8 Å². The van der Waals surface area contributed by atoms with Crippen LogP contribution in [0.4, 0.5) is 5.69 Å². The quantitative estimate of drug-likeness (QED) is 0.842. The maximum Gasteiger partial charge on any atom is 0.337 e. The summed E-state index contributed by atoms with van der Waals surface area (Å²) < 4.78 is 4.65. The summed E-state index contributed by atoms with van der Waals surface area (Å²) in [6, 6.07) is 6.63. The molecule has 0 unspecified atom stereocenters. The molecule has 0 saturated carbocycles. The van der Waals surface area contributed by atoms with Gasteiger partial charge in [0.15, 0.2) is 0 Å². The van der Waals surface area contributed by atoms with Crippen LogP contribution in [0.3, 0.4) is 0 Å². The van der Waals surface area contributed by atoms with E-state index < -0.39 is 5.97 Å². The number of anilines is 1. The van der Waals surface area contributed by atoms with Crippen LogP contribution >= 0.6 is 0 Å². The number of aromatic amines is 1. The van der Waals surface area contributed by atoms with Crippen LogP contribution < -0.4 is 5.32 Å². The smallest absolute Gasteiger partial charge is 0.337 e. The number of esters is 1. The first-order chi connectivity index (χ1) is 10.0. The van der Waals surface area contributed by atoms with Gasteiger partial charge in [-0.25, -0.2) is 4.79 Å². The lowest BCUT2D eigenvalue weighted by Crippen LogP contribution is -2.15. The Kier molecular flexibility index (Phi) is 4.37. The van der Waals surface area contributed by atoms with Crippen LogP contribution in [0.15, 0.2) is 24.3 Å². The van der Waals surface area contributed by atoms with Crippen molar-refractivity contribution in [3.8, 4) is 0 Å². The summed E-state index contributed by atoms with van der Waals surface area (Å²) in [5, 5.41) is 9.67. The summed E-state index contributed by atoms with van der Waals surface area (Å²) in [4.78, 5) is 23.5. The first-order valence-electron chi connectivity index (χ1n) is 6.50. The number of aryl methyl sites for hydroxylation is 2. The molecule has 21 heavy (non-hydrogen) atoms. The van der Waals surface area contributed by atoms with E-state index in [9.17, 15) is 9.59 Å². The van der Waals surface area contributed by atoms with Crippen molar-refractivity contribution in [2.24, 2.45) is 0 Å². The molecule has 1 aromatic heterocycles. The highest BCUT2D eigenvalue weighted by Crippen LogP contribution is 2.14. The van der Waals surface area contributed by atoms with Gasteiger partial charge in [0.1, 0.15) is 0 Å². The van der Waals surface area contributed by atoms with Gasteiger partial charge in [0.2, 0.25) is 5.91 Å². The number of methoxy groups -OCH3 is 1. The predicted octanol–water partition coefficient (Wildman–Crippen LogP) is 1.99. The van der Waals surface area contributed by atoms with E-state index in [1.54, 1.807) is 24.3 Å². The first kappa shape index (κ1) is 14.8. The maximum absolute atomic E-state index is 12.1. The number of rotatable bonds is 4. The number of nitrogens with one attached hydrogen (secondary N) is 2. The largest absolute Gasteiger partial charge is 0.465 e. The van der Waals surface area contributed by atoms with Gasteiger partial charge >= 0.3 is 5.97 Å². The second-order valence-corrected chi connectivity index (χ2v) is 4.71. The molecule has 2 aromatic rings. The number of hydrogen-bond donors (Lipinski definition) is 2. The molecular weight excluding hydrogens is 270 g/mol. The normalized spacial score (nSPS) is 10.2. The molecule has 0 radical (unpaired) electrons. The van der Waals surface area contributed by atoms with E-state index in [-0.39, 0.29) is 12.3 Å². The highest BCUT2D eigenvalue weighted by atomic mass is 16.5. The molecule has 0 spiro atoms. The Bertz CT molecular complexity index is 657. The van der Waals surface area contributed by atoms with Crippen molar-refractivity contribution < 1.29 is 14.3 Å². The third-order valence-electron chi connectivity index (χ3n) is 3.19. The minimum absolute atomic E-state index is 0.162. The highest BCUT2D eigenvalue weighted by molar-refractivity contribution is 5.95. The highest BCUT2D eigenvalue weighted by Gasteiger charge is 2.12. The monoisotopic (exact) mass is 287 g/mol. The summed E-state index contributed by atoms with van der Waals surface area (Å²) in [5.41, 5.74) is 3.53. The van der Waals surface area contributed by atoms with Crippen LogP contribution in [0.2, 0.25) is 0 Å². The van der Waals surface area contributed by atoms with Gasteiger partial charge in [-0.05, 0) is 32.0 Å². The molecule has 0 bridgehead atoms. The molecule has 0 aliphatic carbocycles. The molecule has 0 atom stereocenters. The topological polar surface area (TPSA) is 84.1 Å². The van der Waals surface area contributed by atoms with Crippen molar-refractivity contribution in [3.05, 3.63) is 46.8 Å². The summed E-state index contributed by atoms with van der Waals surface area (Å²) in [6.45, 7) is 3.73. The van der Waals surface area contributed by atoms with Gasteiger partial charge in [0, 0.05) is 16.9 Å². The Hall–Kier alpha value is -2.63. The van der Waals surface area contributed by atoms with Gasteiger partial charge in [0.25, 0.3) is 0 Å². The van der Waals surface area contributed by atoms with E-state index in [0.717, 1.165) is 17.0 Å².